The van der Waals surface area contributed by atoms with Gasteiger partial charge in [-0.1, -0.05) is 0 Å². The average Bonchev–Trinajstić information content (AvgIpc) is 2.60. The van der Waals surface area contributed by atoms with E-state index in [0.29, 0.717) is 0 Å². The molecular weight excluding hydrogens is 358 g/mol. The molecular formula is C14H25NO11. The molecule has 0 aromatic rings. The first-order valence-corrected chi connectivity index (χ1v) is 8.06. The second kappa shape index (κ2) is 8.84. The van der Waals surface area contributed by atoms with E-state index in [2.05, 4.69) is 5.32 Å². The van der Waals surface area contributed by atoms with Gasteiger partial charge in [-0.3, -0.25) is 4.79 Å². The van der Waals surface area contributed by atoms with Gasteiger partial charge in [-0.15, -0.1) is 0 Å². The number of hydrogen-bond acceptors (Lipinski definition) is 11. The van der Waals surface area contributed by atoms with Crippen LogP contribution in [0.1, 0.15) is 6.92 Å². The molecule has 8 N–H and O–H groups in total. The van der Waals surface area contributed by atoms with Crippen LogP contribution in [0.15, 0.2) is 0 Å². The third-order valence-corrected chi connectivity index (χ3v) is 4.39. The number of amides is 1. The molecule has 0 radical (unpaired) electrons. The molecule has 26 heavy (non-hydrogen) atoms. The Labute approximate surface area is 148 Å². The number of carbonyl (C=O) groups is 1. The van der Waals surface area contributed by atoms with Gasteiger partial charge >= 0.3 is 0 Å². The van der Waals surface area contributed by atoms with Crippen LogP contribution in [0.4, 0.5) is 0 Å². The molecule has 10 atom stereocenters. The van der Waals surface area contributed by atoms with E-state index >= 15 is 0 Å². The Morgan fingerprint density at radius 2 is 1.50 bits per heavy atom. The average molecular weight is 383 g/mol. The maximum absolute atomic E-state index is 11.4. The molecule has 2 heterocycles. The highest BCUT2D eigenvalue weighted by atomic mass is 16.7. The lowest BCUT2D eigenvalue weighted by Crippen LogP contribution is -2.67. The molecule has 12 heteroatoms. The minimum absolute atomic E-state index is 0.567. The highest BCUT2D eigenvalue weighted by Gasteiger charge is 2.50. The third-order valence-electron chi connectivity index (χ3n) is 4.39. The summed E-state index contributed by atoms with van der Waals surface area (Å²) in [5.41, 5.74) is 0. The van der Waals surface area contributed by atoms with Crippen LogP contribution in [0.2, 0.25) is 0 Å². The van der Waals surface area contributed by atoms with Gasteiger partial charge in [0.1, 0.15) is 42.7 Å². The van der Waals surface area contributed by atoms with Crippen LogP contribution in [-0.2, 0) is 19.0 Å². The van der Waals surface area contributed by atoms with Gasteiger partial charge in [0, 0.05) is 6.92 Å². The number of hydrogen-bond donors (Lipinski definition) is 8. The molecule has 2 aliphatic heterocycles. The van der Waals surface area contributed by atoms with Crippen LogP contribution >= 0.6 is 0 Å². The number of aliphatic hydroxyl groups is 7. The summed E-state index contributed by atoms with van der Waals surface area (Å²) < 4.78 is 15.6. The molecule has 1 amide bonds. The van der Waals surface area contributed by atoms with Gasteiger partial charge in [-0.25, -0.2) is 0 Å². The van der Waals surface area contributed by atoms with Crippen molar-refractivity contribution in [2.75, 3.05) is 13.2 Å². The summed E-state index contributed by atoms with van der Waals surface area (Å²) in [6.07, 6.45) is -13.7. The summed E-state index contributed by atoms with van der Waals surface area (Å²) in [4.78, 5) is 11.4. The van der Waals surface area contributed by atoms with Crippen LogP contribution in [0.5, 0.6) is 0 Å². The second-order valence-corrected chi connectivity index (χ2v) is 6.26. The summed E-state index contributed by atoms with van der Waals surface area (Å²) in [6.45, 7) is -0.159. The molecule has 0 aromatic heterocycles. The lowest BCUT2D eigenvalue weighted by molar-refractivity contribution is -0.349. The van der Waals surface area contributed by atoms with Crippen LogP contribution in [0.3, 0.4) is 0 Å². The lowest BCUT2D eigenvalue weighted by atomic mass is 9.95. The van der Waals surface area contributed by atoms with Crippen molar-refractivity contribution in [3.8, 4) is 0 Å². The highest BCUT2D eigenvalue weighted by molar-refractivity contribution is 5.73. The maximum Gasteiger partial charge on any atom is 0.217 e. The standard InChI is InChI=1S/C14H25NO11/c1-4(18)15-7-8(19)5(2-16)24-13(23)12(7)26-14-11(22)10(21)9(20)6(3-17)25-14/h5-14,16-17,19-23H,2-3H2,1H3,(H,15,18)/t5-,6-,7+,8-,9+,10+,11-,12-,13+,14+/m1/s1. The number of rotatable bonds is 5. The van der Waals surface area contributed by atoms with E-state index in [1.54, 1.807) is 0 Å². The fraction of sp³-hybridized carbons (Fsp3) is 0.929. The summed E-state index contributed by atoms with van der Waals surface area (Å²) in [6, 6.07) is -1.24. The molecule has 152 valence electrons. The highest BCUT2D eigenvalue weighted by Crippen LogP contribution is 2.28. The largest absolute Gasteiger partial charge is 0.394 e. The van der Waals surface area contributed by atoms with E-state index in [4.69, 9.17) is 14.2 Å². The fourth-order valence-electron chi connectivity index (χ4n) is 2.98. The number of aliphatic hydroxyl groups excluding tert-OH is 7. The van der Waals surface area contributed by atoms with Crippen molar-refractivity contribution < 1.29 is 54.8 Å². The van der Waals surface area contributed by atoms with Gasteiger partial charge in [-0.05, 0) is 0 Å². The second-order valence-electron chi connectivity index (χ2n) is 6.26. The predicted molar refractivity (Wildman–Crippen MR) is 80.2 cm³/mol. The van der Waals surface area contributed by atoms with E-state index in [-0.39, 0.29) is 0 Å². The molecule has 0 bridgehead atoms. The van der Waals surface area contributed by atoms with E-state index in [1.807, 2.05) is 0 Å². The number of carbonyl (C=O) groups excluding carboxylic acids is 1. The molecule has 0 unspecified atom stereocenters. The van der Waals surface area contributed by atoms with E-state index in [0.717, 1.165) is 6.92 Å². The molecule has 2 saturated heterocycles. The van der Waals surface area contributed by atoms with Crippen molar-refractivity contribution in [3.63, 3.8) is 0 Å². The van der Waals surface area contributed by atoms with Crippen molar-refractivity contribution in [2.24, 2.45) is 0 Å². The Kier molecular flexibility index (Phi) is 7.27. The molecule has 0 aromatic carbocycles. The van der Waals surface area contributed by atoms with Gasteiger partial charge in [0.15, 0.2) is 12.6 Å². The van der Waals surface area contributed by atoms with E-state index in [1.165, 1.54) is 0 Å². The maximum atomic E-state index is 11.4. The topological polar surface area (TPSA) is 198 Å². The molecule has 12 nitrogen and oxygen atoms in total. The SMILES string of the molecule is CC(=O)N[C@H]1[C@H](O)[C@@H](CO)O[C@H](O)[C@@H]1O[C@@H]1O[C@H](CO)[C@H](O)[C@H](O)[C@H]1O. The summed E-state index contributed by atoms with van der Waals surface area (Å²) in [7, 11) is 0. The van der Waals surface area contributed by atoms with Crippen LogP contribution in [0, 0.1) is 0 Å². The normalized spacial score (nSPS) is 46.8. The van der Waals surface area contributed by atoms with Crippen molar-refractivity contribution >= 4 is 5.91 Å². The van der Waals surface area contributed by atoms with Crippen LogP contribution < -0.4 is 5.32 Å². The summed E-state index contributed by atoms with van der Waals surface area (Å²) in [5.74, 6) is -0.567. The molecule has 0 aliphatic carbocycles. The Morgan fingerprint density at radius 1 is 0.923 bits per heavy atom. The van der Waals surface area contributed by atoms with Crippen molar-refractivity contribution in [1.82, 2.24) is 5.32 Å². The van der Waals surface area contributed by atoms with Crippen LogP contribution in [0.25, 0.3) is 0 Å². The van der Waals surface area contributed by atoms with E-state index < -0.39 is 80.5 Å². The molecule has 2 fully saturated rings. The van der Waals surface area contributed by atoms with Gasteiger partial charge in [-0.2, -0.15) is 0 Å². The zero-order valence-corrected chi connectivity index (χ0v) is 14.0. The quantitative estimate of drug-likeness (QED) is 0.226. The lowest BCUT2D eigenvalue weighted by Gasteiger charge is -2.46. The van der Waals surface area contributed by atoms with Crippen molar-refractivity contribution in [2.45, 2.75) is 68.3 Å². The van der Waals surface area contributed by atoms with Crippen LogP contribution in [-0.4, -0.2) is 116 Å². The zero-order valence-electron chi connectivity index (χ0n) is 14.0. The zero-order chi connectivity index (χ0) is 19.6. The van der Waals surface area contributed by atoms with Gasteiger partial charge in [0.25, 0.3) is 0 Å². The van der Waals surface area contributed by atoms with Crippen molar-refractivity contribution in [1.29, 1.82) is 0 Å². The minimum Gasteiger partial charge on any atom is -0.394 e. The van der Waals surface area contributed by atoms with Gasteiger partial charge in [0.2, 0.25) is 5.91 Å². The Morgan fingerprint density at radius 3 is 2.04 bits per heavy atom. The third kappa shape index (κ3) is 4.31. The van der Waals surface area contributed by atoms with Crippen molar-refractivity contribution in [3.05, 3.63) is 0 Å². The Balaban J connectivity index is 2.19. The fourth-order valence-corrected chi connectivity index (χ4v) is 2.98. The molecule has 0 saturated carbocycles. The smallest absolute Gasteiger partial charge is 0.217 e. The molecule has 2 aliphatic rings. The number of nitrogens with one attached hydrogen (secondary N) is 1. The summed E-state index contributed by atoms with van der Waals surface area (Å²) in [5, 5.41) is 70.7. The molecule has 2 rings (SSSR count). The van der Waals surface area contributed by atoms with Gasteiger partial charge in [0.05, 0.1) is 19.3 Å². The molecule has 0 spiro atoms. The predicted octanol–water partition coefficient (Wildman–Crippen LogP) is -5.25. The summed E-state index contributed by atoms with van der Waals surface area (Å²) >= 11 is 0. The Hall–Kier alpha value is -0.930. The van der Waals surface area contributed by atoms with Gasteiger partial charge < -0.3 is 55.3 Å². The minimum atomic E-state index is -1.74. The first kappa shape index (κ1) is 21.4. The Bertz CT molecular complexity index is 478. The van der Waals surface area contributed by atoms with E-state index in [9.17, 15) is 40.5 Å². The first-order valence-electron chi connectivity index (χ1n) is 8.06. The first-order chi connectivity index (χ1) is 12.2. The number of ether oxygens (including phenoxy) is 3. The monoisotopic (exact) mass is 383 g/mol.